The molecule has 0 aliphatic heterocycles. The Labute approximate surface area is 363 Å². The zero-order valence-corrected chi connectivity index (χ0v) is 39.1. The van der Waals surface area contributed by atoms with Gasteiger partial charge >= 0.3 is 13.8 Å². The van der Waals surface area contributed by atoms with E-state index in [0.29, 0.717) is 6.42 Å². The summed E-state index contributed by atoms with van der Waals surface area (Å²) >= 11 is 0. The van der Waals surface area contributed by atoms with Crippen LogP contribution in [0.3, 0.4) is 0 Å². The van der Waals surface area contributed by atoms with E-state index in [2.05, 4.69) is 55.6 Å². The van der Waals surface area contributed by atoms with E-state index in [1.807, 2.05) is 0 Å². The third-order valence-corrected chi connectivity index (χ3v) is 11.5. The first-order chi connectivity index (χ1) is 28.8. The summed E-state index contributed by atoms with van der Waals surface area (Å²) in [7, 11) is -4.42. The van der Waals surface area contributed by atoms with Gasteiger partial charge < -0.3 is 20.1 Å². The molecule has 1 amide bonds. The molecule has 0 saturated heterocycles. The summed E-state index contributed by atoms with van der Waals surface area (Å²) in [6, 6.07) is 0. The van der Waals surface area contributed by atoms with Crippen LogP contribution in [0.15, 0.2) is 36.5 Å². The number of phosphoric acid groups is 1. The van der Waals surface area contributed by atoms with E-state index in [1.54, 1.807) is 0 Å². The Kier molecular flexibility index (Phi) is 44.4. The fraction of sp³-hybridized carbons (Fsp3) is 0.837. The Bertz CT molecular complexity index is 1060. The normalized spacial score (nSPS) is 13.5. The maximum absolute atomic E-state index is 12.1. The lowest BCUT2D eigenvalue weighted by molar-refractivity contribution is -0.147. The highest BCUT2D eigenvalue weighted by atomic mass is 31.2. The maximum atomic E-state index is 12.1. The predicted octanol–water partition coefficient (Wildman–Crippen LogP) is 14.1. The number of esters is 1. The lowest BCUT2D eigenvalue weighted by atomic mass is 10.0. The minimum Gasteiger partial charge on any atom is -0.463 e. The molecule has 3 N–H and O–H groups in total. The van der Waals surface area contributed by atoms with Gasteiger partial charge in [0.25, 0.3) is 0 Å². The van der Waals surface area contributed by atoms with E-state index in [1.165, 1.54) is 148 Å². The number of aliphatic hydroxyl groups excluding tert-OH is 1. The summed E-state index contributed by atoms with van der Waals surface area (Å²) in [6.07, 6.45) is 52.2. The van der Waals surface area contributed by atoms with Gasteiger partial charge in [0.15, 0.2) is 0 Å². The van der Waals surface area contributed by atoms with Crippen molar-refractivity contribution in [3.63, 3.8) is 0 Å². The lowest BCUT2D eigenvalue weighted by Crippen LogP contribution is -2.27. The van der Waals surface area contributed by atoms with Crippen LogP contribution in [0.25, 0.3) is 0 Å². The highest BCUT2D eigenvalue weighted by Gasteiger charge is 2.23. The Balaban J connectivity index is 3.55. The highest BCUT2D eigenvalue weighted by molar-refractivity contribution is 7.47. The quantitative estimate of drug-likeness (QED) is 0.0239. The summed E-state index contributed by atoms with van der Waals surface area (Å²) < 4.78 is 26.9. The van der Waals surface area contributed by atoms with Gasteiger partial charge in [0.05, 0.1) is 13.2 Å². The van der Waals surface area contributed by atoms with E-state index in [4.69, 9.17) is 13.8 Å². The molecule has 0 aromatic carbocycles. The zero-order chi connectivity index (χ0) is 43.2. The summed E-state index contributed by atoms with van der Waals surface area (Å²) in [5, 5.41) is 12.7. The average Bonchev–Trinajstić information content (AvgIpc) is 3.22. The van der Waals surface area contributed by atoms with Crippen molar-refractivity contribution in [2.24, 2.45) is 0 Å². The number of carbonyl (C=O) groups is 2. The first-order valence-electron chi connectivity index (χ1n) is 24.5. The molecule has 0 saturated carbocycles. The first kappa shape index (κ1) is 57.2. The largest absolute Gasteiger partial charge is 0.472 e. The van der Waals surface area contributed by atoms with Crippen LogP contribution in [0.4, 0.5) is 0 Å². The van der Waals surface area contributed by atoms with Gasteiger partial charge in [0.1, 0.15) is 12.7 Å². The van der Waals surface area contributed by atoms with Gasteiger partial charge in [-0.25, -0.2) is 4.57 Å². The summed E-state index contributed by atoms with van der Waals surface area (Å²) in [6.45, 7) is 3.54. The van der Waals surface area contributed by atoms with Gasteiger partial charge in [0, 0.05) is 19.4 Å². The molecule has 0 aromatic heterocycles. The third kappa shape index (κ3) is 47.1. The van der Waals surface area contributed by atoms with Crippen molar-refractivity contribution in [1.82, 2.24) is 5.32 Å². The highest BCUT2D eigenvalue weighted by Crippen LogP contribution is 2.42. The van der Waals surface area contributed by atoms with Crippen molar-refractivity contribution >= 4 is 19.7 Å². The predicted molar refractivity (Wildman–Crippen MR) is 247 cm³/mol. The molecule has 59 heavy (non-hydrogen) atoms. The molecule has 2 unspecified atom stereocenters. The van der Waals surface area contributed by atoms with Crippen LogP contribution in [0.2, 0.25) is 0 Å². The van der Waals surface area contributed by atoms with Crippen molar-refractivity contribution in [2.45, 2.75) is 238 Å². The second kappa shape index (κ2) is 45.7. The molecule has 2 atom stereocenters. The molecule has 0 bridgehead atoms. The van der Waals surface area contributed by atoms with Crippen LogP contribution >= 0.6 is 7.82 Å². The van der Waals surface area contributed by atoms with E-state index in [0.717, 1.165) is 57.8 Å². The van der Waals surface area contributed by atoms with Crippen molar-refractivity contribution < 1.29 is 37.9 Å². The lowest BCUT2D eigenvalue weighted by Gasteiger charge is -2.15. The van der Waals surface area contributed by atoms with Crippen LogP contribution in [0, 0.1) is 0 Å². The Morgan fingerprint density at radius 2 is 0.915 bits per heavy atom. The third-order valence-electron chi connectivity index (χ3n) is 10.5. The van der Waals surface area contributed by atoms with Crippen molar-refractivity contribution in [3.8, 4) is 0 Å². The fourth-order valence-corrected chi connectivity index (χ4v) is 7.58. The van der Waals surface area contributed by atoms with Gasteiger partial charge in [-0.3, -0.25) is 18.6 Å². The summed E-state index contributed by atoms with van der Waals surface area (Å²) in [5.41, 5.74) is 0. The number of amides is 1. The molecular formula is C49H92NO8P. The zero-order valence-electron chi connectivity index (χ0n) is 38.2. The van der Waals surface area contributed by atoms with Crippen molar-refractivity contribution in [3.05, 3.63) is 36.5 Å². The number of ether oxygens (including phenoxy) is 1. The number of aliphatic hydroxyl groups is 1. The summed E-state index contributed by atoms with van der Waals surface area (Å²) in [5.74, 6) is -0.520. The second-order valence-electron chi connectivity index (χ2n) is 16.4. The maximum Gasteiger partial charge on any atom is 0.472 e. The van der Waals surface area contributed by atoms with Crippen molar-refractivity contribution in [2.75, 3.05) is 26.4 Å². The SMILES string of the molecule is CCCCC/C=C\C/C=C\CCCCCCCCCCCCCCCC(=O)OCC(O)COP(=O)(O)OCCNC(=O)CCCCCCC/C=C\CCCCCCCC. The number of allylic oxidation sites excluding steroid dienone is 6. The molecule has 0 aliphatic rings. The smallest absolute Gasteiger partial charge is 0.463 e. The van der Waals surface area contributed by atoms with Crippen molar-refractivity contribution in [1.29, 1.82) is 0 Å². The minimum absolute atomic E-state index is 0.0784. The summed E-state index contributed by atoms with van der Waals surface area (Å²) in [4.78, 5) is 34.0. The first-order valence-corrected chi connectivity index (χ1v) is 26.0. The number of hydrogen-bond donors (Lipinski definition) is 3. The van der Waals surface area contributed by atoms with Gasteiger partial charge in [0.2, 0.25) is 5.91 Å². The van der Waals surface area contributed by atoms with Gasteiger partial charge in [-0.1, -0.05) is 185 Å². The molecule has 0 heterocycles. The van der Waals surface area contributed by atoms with Crippen LogP contribution in [0.1, 0.15) is 232 Å². The number of hydrogen-bond acceptors (Lipinski definition) is 7. The Hall–Kier alpha value is -1.77. The molecule has 0 aliphatic carbocycles. The van der Waals surface area contributed by atoms with Crippen LogP contribution < -0.4 is 5.32 Å². The average molecular weight is 854 g/mol. The molecule has 0 rings (SSSR count). The van der Waals surface area contributed by atoms with Crippen LogP contribution in [-0.4, -0.2) is 54.3 Å². The molecule has 0 fully saturated rings. The molecule has 9 nitrogen and oxygen atoms in total. The van der Waals surface area contributed by atoms with Gasteiger partial charge in [-0.05, 0) is 70.6 Å². The monoisotopic (exact) mass is 854 g/mol. The topological polar surface area (TPSA) is 131 Å². The fourth-order valence-electron chi connectivity index (χ4n) is 6.82. The number of rotatable bonds is 46. The van der Waals surface area contributed by atoms with Gasteiger partial charge in [-0.15, -0.1) is 0 Å². The number of unbranched alkanes of at least 4 members (excludes halogenated alkanes) is 27. The molecule has 346 valence electrons. The molecule has 0 radical (unpaired) electrons. The van der Waals surface area contributed by atoms with E-state index in [-0.39, 0.29) is 32.1 Å². The van der Waals surface area contributed by atoms with E-state index < -0.39 is 26.5 Å². The van der Waals surface area contributed by atoms with E-state index in [9.17, 15) is 24.2 Å². The van der Waals surface area contributed by atoms with Crippen LogP contribution in [-0.2, 0) is 27.9 Å². The molecule has 10 heteroatoms. The minimum atomic E-state index is -4.42. The standard InChI is InChI=1S/C49H92NO8P/c1-3-5-7-9-11-13-15-17-19-20-21-22-23-24-25-26-28-30-32-34-36-38-40-42-49(53)56-45-47(51)46-58-59(54,55)57-44-43-50-48(52)41-39-37-35-33-31-29-27-18-16-14-12-10-8-6-4-2/h11,13,17-19,27,47,51H,3-10,12,14-16,20-26,28-46H2,1-2H3,(H,50,52)(H,54,55)/b13-11-,19-17-,27-18-. The van der Waals surface area contributed by atoms with Crippen LogP contribution in [0.5, 0.6) is 0 Å². The van der Waals surface area contributed by atoms with E-state index >= 15 is 0 Å². The second-order valence-corrected chi connectivity index (χ2v) is 17.9. The Morgan fingerprint density at radius 1 is 0.525 bits per heavy atom. The Morgan fingerprint density at radius 3 is 1.41 bits per heavy atom. The molecule has 0 spiro atoms. The van der Waals surface area contributed by atoms with Gasteiger partial charge in [-0.2, -0.15) is 0 Å². The number of nitrogens with one attached hydrogen (secondary N) is 1. The molecular weight excluding hydrogens is 762 g/mol. The number of phosphoric ester groups is 1. The number of carbonyl (C=O) groups excluding carboxylic acids is 2. The molecule has 0 aromatic rings.